The van der Waals surface area contributed by atoms with Gasteiger partial charge in [0.1, 0.15) is 5.66 Å². The standard InChI is InChI=1S/C23H26N4O/c1-3-4-5-11-16-23(2)25-19-15-10-9-14-18(19)21-24-22(28)20(26-27(21)23)17-12-7-6-8-13-17/h6-10,12-15,25H,3-5,11,16H2,1-2H3/t23-/m1/s1. The molecular formula is C23H26N4O. The molecule has 0 aliphatic carbocycles. The van der Waals surface area contributed by atoms with Crippen LogP contribution in [0.25, 0.3) is 22.6 Å². The van der Waals surface area contributed by atoms with E-state index in [1.165, 1.54) is 19.3 Å². The lowest BCUT2D eigenvalue weighted by molar-refractivity contribution is 0.289. The van der Waals surface area contributed by atoms with Gasteiger partial charge in [-0.15, -0.1) is 0 Å². The lowest BCUT2D eigenvalue weighted by Crippen LogP contribution is -2.45. The Morgan fingerprint density at radius 1 is 1.00 bits per heavy atom. The Morgan fingerprint density at radius 3 is 2.54 bits per heavy atom. The molecule has 0 unspecified atom stereocenters. The summed E-state index contributed by atoms with van der Waals surface area (Å²) in [7, 11) is 0. The van der Waals surface area contributed by atoms with Crippen LogP contribution in [0.15, 0.2) is 59.4 Å². The van der Waals surface area contributed by atoms with Gasteiger partial charge in [0.2, 0.25) is 0 Å². The van der Waals surface area contributed by atoms with Gasteiger partial charge >= 0.3 is 0 Å². The Labute approximate surface area is 165 Å². The first kappa shape index (κ1) is 18.4. The van der Waals surface area contributed by atoms with Gasteiger partial charge in [0, 0.05) is 16.8 Å². The summed E-state index contributed by atoms with van der Waals surface area (Å²) in [5.41, 5.74) is 2.39. The molecule has 5 heteroatoms. The topological polar surface area (TPSA) is 59.8 Å². The molecule has 1 atom stereocenters. The van der Waals surface area contributed by atoms with Gasteiger partial charge in [0.25, 0.3) is 5.56 Å². The van der Waals surface area contributed by atoms with E-state index in [1.54, 1.807) is 0 Å². The molecule has 2 aromatic carbocycles. The van der Waals surface area contributed by atoms with Crippen molar-refractivity contribution < 1.29 is 0 Å². The van der Waals surface area contributed by atoms with Gasteiger partial charge < -0.3 is 5.32 Å². The second kappa shape index (κ2) is 7.58. The number of fused-ring (bicyclic) bond motifs is 3. The lowest BCUT2D eigenvalue weighted by Gasteiger charge is -2.39. The van der Waals surface area contributed by atoms with Gasteiger partial charge in [0.15, 0.2) is 11.5 Å². The molecule has 0 saturated carbocycles. The van der Waals surface area contributed by atoms with Crippen molar-refractivity contribution in [3.8, 4) is 22.6 Å². The number of nitrogens with one attached hydrogen (secondary N) is 1. The second-order valence-electron chi connectivity index (χ2n) is 7.62. The molecule has 28 heavy (non-hydrogen) atoms. The van der Waals surface area contributed by atoms with Crippen LogP contribution in [0.1, 0.15) is 46.0 Å². The van der Waals surface area contributed by atoms with Gasteiger partial charge in [-0.3, -0.25) is 4.79 Å². The monoisotopic (exact) mass is 374 g/mol. The quantitative estimate of drug-likeness (QED) is 0.614. The fourth-order valence-corrected chi connectivity index (χ4v) is 3.88. The third kappa shape index (κ3) is 3.33. The van der Waals surface area contributed by atoms with Crippen LogP contribution in [0.3, 0.4) is 0 Å². The molecule has 0 bridgehead atoms. The minimum absolute atomic E-state index is 0.289. The number of nitrogens with zero attached hydrogens (tertiary/aromatic N) is 3. The number of hydrogen-bond donors (Lipinski definition) is 1. The zero-order chi connectivity index (χ0) is 19.6. The van der Waals surface area contributed by atoms with Crippen LogP contribution in [0.4, 0.5) is 5.69 Å². The zero-order valence-corrected chi connectivity index (χ0v) is 16.5. The fourth-order valence-electron chi connectivity index (χ4n) is 3.88. The minimum Gasteiger partial charge on any atom is -0.361 e. The molecule has 1 N–H and O–H groups in total. The molecule has 3 aromatic rings. The Balaban J connectivity index is 1.84. The molecule has 5 nitrogen and oxygen atoms in total. The van der Waals surface area contributed by atoms with Crippen LogP contribution < -0.4 is 10.9 Å². The van der Waals surface area contributed by atoms with Gasteiger partial charge in [-0.05, 0) is 31.9 Å². The van der Waals surface area contributed by atoms with Crippen LogP contribution >= 0.6 is 0 Å². The van der Waals surface area contributed by atoms with E-state index in [4.69, 9.17) is 5.10 Å². The van der Waals surface area contributed by atoms with Gasteiger partial charge in [-0.1, -0.05) is 68.7 Å². The van der Waals surface area contributed by atoms with E-state index in [9.17, 15) is 4.79 Å². The van der Waals surface area contributed by atoms with Crippen molar-refractivity contribution in [2.75, 3.05) is 5.32 Å². The maximum Gasteiger partial charge on any atom is 0.300 e. The summed E-state index contributed by atoms with van der Waals surface area (Å²) in [6.07, 6.45) is 5.62. The maximum atomic E-state index is 12.8. The van der Waals surface area contributed by atoms with Crippen LogP contribution in [-0.2, 0) is 5.66 Å². The van der Waals surface area contributed by atoms with Crippen molar-refractivity contribution in [1.82, 2.24) is 14.8 Å². The molecule has 0 fully saturated rings. The van der Waals surface area contributed by atoms with Crippen LogP contribution in [-0.4, -0.2) is 14.8 Å². The van der Waals surface area contributed by atoms with Crippen molar-refractivity contribution in [3.63, 3.8) is 0 Å². The van der Waals surface area contributed by atoms with Gasteiger partial charge in [-0.2, -0.15) is 10.1 Å². The highest BCUT2D eigenvalue weighted by molar-refractivity contribution is 5.76. The molecule has 1 aliphatic rings. The molecule has 0 amide bonds. The van der Waals surface area contributed by atoms with Gasteiger partial charge in [0.05, 0.1) is 0 Å². The molecule has 1 aliphatic heterocycles. The summed E-state index contributed by atoms with van der Waals surface area (Å²) >= 11 is 0. The normalized spacial score (nSPS) is 17.5. The third-order valence-electron chi connectivity index (χ3n) is 5.41. The SMILES string of the molecule is CCCCCC[C@]1(C)Nc2ccccc2-c2nc(=O)c(-c3ccccc3)nn21. The number of aromatic nitrogens is 3. The lowest BCUT2D eigenvalue weighted by atomic mass is 9.98. The van der Waals surface area contributed by atoms with Crippen LogP contribution in [0.2, 0.25) is 0 Å². The number of hydrogen-bond acceptors (Lipinski definition) is 4. The van der Waals surface area contributed by atoms with E-state index in [-0.39, 0.29) is 5.56 Å². The van der Waals surface area contributed by atoms with Crippen LogP contribution in [0, 0.1) is 0 Å². The van der Waals surface area contributed by atoms with E-state index < -0.39 is 5.66 Å². The molecule has 2 heterocycles. The highest BCUT2D eigenvalue weighted by Crippen LogP contribution is 2.38. The van der Waals surface area contributed by atoms with E-state index in [2.05, 4.69) is 24.1 Å². The molecular weight excluding hydrogens is 348 g/mol. The molecule has 1 aromatic heterocycles. The molecule has 0 spiro atoms. The van der Waals surface area contributed by atoms with Crippen molar-refractivity contribution in [1.29, 1.82) is 0 Å². The van der Waals surface area contributed by atoms with E-state index >= 15 is 0 Å². The number of unbranched alkanes of at least 4 members (excludes halogenated alkanes) is 3. The zero-order valence-electron chi connectivity index (χ0n) is 16.5. The number of para-hydroxylation sites is 1. The van der Waals surface area contributed by atoms with Gasteiger partial charge in [-0.25, -0.2) is 4.68 Å². The summed E-state index contributed by atoms with van der Waals surface area (Å²) < 4.78 is 1.92. The number of rotatable bonds is 6. The summed E-state index contributed by atoms with van der Waals surface area (Å²) in [6.45, 7) is 4.36. The number of benzene rings is 2. The Bertz CT molecular complexity index is 1030. The number of anilines is 1. The van der Waals surface area contributed by atoms with E-state index in [0.29, 0.717) is 11.5 Å². The van der Waals surface area contributed by atoms with Crippen molar-refractivity contribution in [3.05, 3.63) is 65.0 Å². The predicted molar refractivity (Wildman–Crippen MR) is 113 cm³/mol. The summed E-state index contributed by atoms with van der Waals surface area (Å²) in [6, 6.07) is 17.6. The molecule has 0 saturated heterocycles. The van der Waals surface area contributed by atoms with Crippen LogP contribution in [0.5, 0.6) is 0 Å². The maximum absolute atomic E-state index is 12.8. The highest BCUT2D eigenvalue weighted by Gasteiger charge is 2.35. The molecule has 144 valence electrons. The Morgan fingerprint density at radius 2 is 1.75 bits per heavy atom. The molecule has 0 radical (unpaired) electrons. The Hall–Kier alpha value is -2.95. The third-order valence-corrected chi connectivity index (χ3v) is 5.41. The van der Waals surface area contributed by atoms with Crippen molar-refractivity contribution in [2.24, 2.45) is 0 Å². The van der Waals surface area contributed by atoms with Crippen molar-refractivity contribution in [2.45, 2.75) is 51.6 Å². The average Bonchev–Trinajstić information content (AvgIpc) is 2.72. The summed E-state index contributed by atoms with van der Waals surface area (Å²) in [5, 5.41) is 8.48. The summed E-state index contributed by atoms with van der Waals surface area (Å²) in [4.78, 5) is 17.3. The largest absolute Gasteiger partial charge is 0.361 e. The second-order valence-corrected chi connectivity index (χ2v) is 7.62. The van der Waals surface area contributed by atoms with Crippen molar-refractivity contribution >= 4 is 5.69 Å². The first-order valence-electron chi connectivity index (χ1n) is 10.1. The predicted octanol–water partition coefficient (Wildman–Crippen LogP) is 5.04. The van der Waals surface area contributed by atoms with E-state index in [0.717, 1.165) is 29.7 Å². The Kier molecular flexibility index (Phi) is 4.99. The minimum atomic E-state index is -0.429. The smallest absolute Gasteiger partial charge is 0.300 e. The summed E-state index contributed by atoms with van der Waals surface area (Å²) in [5.74, 6) is 0.636. The molecule has 4 rings (SSSR count). The first-order chi connectivity index (χ1) is 13.6. The fraction of sp³-hybridized carbons (Fsp3) is 0.348. The average molecular weight is 374 g/mol. The van der Waals surface area contributed by atoms with E-state index in [1.807, 2.05) is 59.3 Å². The first-order valence-corrected chi connectivity index (χ1v) is 10.1. The highest BCUT2D eigenvalue weighted by atomic mass is 16.1.